The van der Waals surface area contributed by atoms with Crippen molar-refractivity contribution in [3.63, 3.8) is 0 Å². The number of hydrogen-bond donors (Lipinski definition) is 0. The molecule has 0 bridgehead atoms. The number of Topliss-reactive ketones (excluding diaryl/α,β-unsaturated/α-hetero) is 1. The summed E-state index contributed by atoms with van der Waals surface area (Å²) in [7, 11) is 0. The summed E-state index contributed by atoms with van der Waals surface area (Å²) >= 11 is 0. The standard InChI is InChI=1S/C14H15F3O/c1-2-8-3-4-9(7-8)14(18)10-5-6-11(15)13(17)12(10)16/h5-6,8-9H,2-4,7H2,1H3. The molecule has 1 fully saturated rings. The Kier molecular flexibility index (Phi) is 3.73. The molecule has 1 nitrogen and oxygen atoms in total. The van der Waals surface area contributed by atoms with E-state index in [1.807, 2.05) is 0 Å². The summed E-state index contributed by atoms with van der Waals surface area (Å²) in [5.74, 6) is -4.36. The molecule has 0 radical (unpaired) electrons. The molecule has 1 aliphatic carbocycles. The van der Waals surface area contributed by atoms with Gasteiger partial charge in [0.05, 0.1) is 5.56 Å². The molecule has 0 spiro atoms. The molecule has 0 aromatic heterocycles. The first-order valence-corrected chi connectivity index (χ1v) is 6.22. The number of ketones is 1. The maximum Gasteiger partial charge on any atom is 0.195 e. The average molecular weight is 256 g/mol. The maximum atomic E-state index is 13.5. The van der Waals surface area contributed by atoms with Crippen LogP contribution in [-0.4, -0.2) is 5.78 Å². The molecule has 1 saturated carbocycles. The van der Waals surface area contributed by atoms with E-state index in [1.54, 1.807) is 0 Å². The lowest BCUT2D eigenvalue weighted by Gasteiger charge is -2.10. The molecule has 1 aromatic rings. The van der Waals surface area contributed by atoms with Crippen LogP contribution in [0.25, 0.3) is 0 Å². The van der Waals surface area contributed by atoms with Crippen molar-refractivity contribution in [3.05, 3.63) is 35.1 Å². The molecule has 4 heteroatoms. The molecule has 0 amide bonds. The highest BCUT2D eigenvalue weighted by Crippen LogP contribution is 2.35. The SMILES string of the molecule is CCC1CCC(C(=O)c2ccc(F)c(F)c2F)C1. The average Bonchev–Trinajstić information content (AvgIpc) is 2.84. The van der Waals surface area contributed by atoms with Gasteiger partial charge in [-0.15, -0.1) is 0 Å². The van der Waals surface area contributed by atoms with E-state index in [0.29, 0.717) is 18.8 Å². The van der Waals surface area contributed by atoms with Gasteiger partial charge in [-0.3, -0.25) is 4.79 Å². The van der Waals surface area contributed by atoms with Crippen molar-refractivity contribution in [1.82, 2.24) is 0 Å². The van der Waals surface area contributed by atoms with Crippen LogP contribution in [0.1, 0.15) is 43.0 Å². The third-order valence-corrected chi connectivity index (χ3v) is 3.79. The van der Waals surface area contributed by atoms with Crippen molar-refractivity contribution < 1.29 is 18.0 Å². The van der Waals surface area contributed by atoms with Gasteiger partial charge in [0.1, 0.15) is 0 Å². The molecule has 0 saturated heterocycles. The molecule has 2 rings (SSSR count). The zero-order valence-electron chi connectivity index (χ0n) is 10.2. The lowest BCUT2D eigenvalue weighted by atomic mass is 9.94. The van der Waals surface area contributed by atoms with Crippen LogP contribution in [0.2, 0.25) is 0 Å². The first kappa shape index (κ1) is 13.1. The minimum absolute atomic E-state index is 0.255. The van der Waals surface area contributed by atoms with E-state index < -0.39 is 23.2 Å². The molecule has 0 heterocycles. The number of benzene rings is 1. The molecule has 18 heavy (non-hydrogen) atoms. The van der Waals surface area contributed by atoms with Gasteiger partial charge in [0, 0.05) is 5.92 Å². The van der Waals surface area contributed by atoms with Gasteiger partial charge in [-0.05, 0) is 37.3 Å². The fraction of sp³-hybridized carbons (Fsp3) is 0.500. The highest BCUT2D eigenvalue weighted by atomic mass is 19.2. The van der Waals surface area contributed by atoms with Crippen molar-refractivity contribution in [2.24, 2.45) is 11.8 Å². The molecule has 1 aromatic carbocycles. The van der Waals surface area contributed by atoms with E-state index in [2.05, 4.69) is 6.92 Å². The summed E-state index contributed by atoms with van der Waals surface area (Å²) in [6.07, 6.45) is 3.35. The van der Waals surface area contributed by atoms with Crippen LogP contribution in [0.3, 0.4) is 0 Å². The van der Waals surface area contributed by atoms with Crippen LogP contribution in [0.15, 0.2) is 12.1 Å². The zero-order valence-corrected chi connectivity index (χ0v) is 10.2. The Morgan fingerprint density at radius 3 is 2.56 bits per heavy atom. The molecule has 2 unspecified atom stereocenters. The molecule has 2 atom stereocenters. The molecule has 0 N–H and O–H groups in total. The number of carbonyl (C=O) groups is 1. The van der Waals surface area contributed by atoms with Crippen molar-refractivity contribution >= 4 is 5.78 Å². The molecule has 98 valence electrons. The molecule has 1 aliphatic rings. The predicted octanol–water partition coefficient (Wildman–Crippen LogP) is 4.11. The van der Waals surface area contributed by atoms with Gasteiger partial charge in [0.25, 0.3) is 0 Å². The third-order valence-electron chi connectivity index (χ3n) is 3.79. The number of rotatable bonds is 3. The largest absolute Gasteiger partial charge is 0.294 e. The first-order valence-electron chi connectivity index (χ1n) is 6.22. The minimum atomic E-state index is -1.56. The van der Waals surface area contributed by atoms with Gasteiger partial charge in [-0.25, -0.2) is 13.2 Å². The van der Waals surface area contributed by atoms with Crippen LogP contribution < -0.4 is 0 Å². The summed E-state index contributed by atoms with van der Waals surface area (Å²) in [5.41, 5.74) is -0.323. The Balaban J connectivity index is 2.22. The summed E-state index contributed by atoms with van der Waals surface area (Å²) in [6, 6.07) is 1.84. The summed E-state index contributed by atoms with van der Waals surface area (Å²) < 4.78 is 39.4. The monoisotopic (exact) mass is 256 g/mol. The molecular weight excluding hydrogens is 241 g/mol. The van der Waals surface area contributed by atoms with Crippen LogP contribution in [-0.2, 0) is 0 Å². The second-order valence-electron chi connectivity index (χ2n) is 4.87. The van der Waals surface area contributed by atoms with Crippen LogP contribution in [0.4, 0.5) is 13.2 Å². The number of halogens is 3. The zero-order chi connectivity index (χ0) is 13.3. The predicted molar refractivity (Wildman–Crippen MR) is 61.8 cm³/mol. The van der Waals surface area contributed by atoms with E-state index >= 15 is 0 Å². The number of hydrogen-bond acceptors (Lipinski definition) is 1. The Labute approximate surface area is 104 Å². The highest BCUT2D eigenvalue weighted by molar-refractivity contribution is 5.98. The summed E-state index contributed by atoms with van der Waals surface area (Å²) in [5, 5.41) is 0. The van der Waals surface area contributed by atoms with Gasteiger partial charge in [-0.2, -0.15) is 0 Å². The minimum Gasteiger partial charge on any atom is -0.294 e. The van der Waals surface area contributed by atoms with E-state index in [0.717, 1.165) is 25.0 Å². The van der Waals surface area contributed by atoms with Crippen LogP contribution in [0, 0.1) is 29.3 Å². The Morgan fingerprint density at radius 1 is 1.22 bits per heavy atom. The topological polar surface area (TPSA) is 17.1 Å². The fourth-order valence-corrected chi connectivity index (χ4v) is 2.62. The highest BCUT2D eigenvalue weighted by Gasteiger charge is 2.31. The second-order valence-corrected chi connectivity index (χ2v) is 4.87. The quantitative estimate of drug-likeness (QED) is 0.587. The van der Waals surface area contributed by atoms with Crippen molar-refractivity contribution in [2.75, 3.05) is 0 Å². The van der Waals surface area contributed by atoms with E-state index in [-0.39, 0.29) is 11.5 Å². The second kappa shape index (κ2) is 5.12. The van der Waals surface area contributed by atoms with Gasteiger partial charge in [0.15, 0.2) is 23.2 Å². The van der Waals surface area contributed by atoms with E-state index in [4.69, 9.17) is 0 Å². The number of carbonyl (C=O) groups excluding carboxylic acids is 1. The van der Waals surface area contributed by atoms with Crippen LogP contribution >= 0.6 is 0 Å². The maximum absolute atomic E-state index is 13.5. The molecular formula is C14H15F3O. The van der Waals surface area contributed by atoms with Crippen molar-refractivity contribution in [1.29, 1.82) is 0 Å². The van der Waals surface area contributed by atoms with E-state index in [9.17, 15) is 18.0 Å². The van der Waals surface area contributed by atoms with Gasteiger partial charge in [-0.1, -0.05) is 13.3 Å². The summed E-state index contributed by atoms with van der Waals surface area (Å²) in [6.45, 7) is 2.05. The van der Waals surface area contributed by atoms with Gasteiger partial charge in [0.2, 0.25) is 0 Å². The molecule has 0 aliphatic heterocycles. The fourth-order valence-electron chi connectivity index (χ4n) is 2.62. The Bertz CT molecular complexity index is 470. The Hall–Kier alpha value is -1.32. The van der Waals surface area contributed by atoms with Crippen molar-refractivity contribution in [2.45, 2.75) is 32.6 Å². The lowest BCUT2D eigenvalue weighted by Crippen LogP contribution is -2.15. The lowest BCUT2D eigenvalue weighted by molar-refractivity contribution is 0.0914. The van der Waals surface area contributed by atoms with Gasteiger partial charge >= 0.3 is 0 Å². The summed E-state index contributed by atoms with van der Waals surface area (Å²) in [4.78, 5) is 12.1. The van der Waals surface area contributed by atoms with Crippen LogP contribution in [0.5, 0.6) is 0 Å². The third kappa shape index (κ3) is 2.28. The Morgan fingerprint density at radius 2 is 1.94 bits per heavy atom. The van der Waals surface area contributed by atoms with Gasteiger partial charge < -0.3 is 0 Å². The van der Waals surface area contributed by atoms with E-state index in [1.165, 1.54) is 0 Å². The first-order chi connectivity index (χ1) is 8.54. The smallest absolute Gasteiger partial charge is 0.195 e. The van der Waals surface area contributed by atoms with Crippen molar-refractivity contribution in [3.8, 4) is 0 Å². The normalized spacial score (nSPS) is 23.3.